The molecule has 1 atom stereocenters. The average Bonchev–Trinajstić information content (AvgIpc) is 3.53. The first kappa shape index (κ1) is 34.7. The molecule has 0 saturated heterocycles. The van der Waals surface area contributed by atoms with Gasteiger partial charge in [-0.2, -0.15) is 0 Å². The van der Waals surface area contributed by atoms with Gasteiger partial charge in [0, 0.05) is 51.9 Å². The molecule has 0 saturated carbocycles. The van der Waals surface area contributed by atoms with Gasteiger partial charge in [-0.05, 0) is 79.2 Å². The molecule has 0 spiro atoms. The molecule has 3 amide bonds. The highest BCUT2D eigenvalue weighted by molar-refractivity contribution is 8.00. The molecule has 1 aromatic heterocycles. The van der Waals surface area contributed by atoms with E-state index in [1.54, 1.807) is 73.7 Å². The SMILES string of the molecule is CC(Sc1cccc(NC(=O)/C(=C\c2ccc(N(C)C)cc2)NC(=O)c2ccccc2)c1)C(=O)Nc1nc(-c2ccc(Cl)cc2Cl)cs1. The molecular formula is C36H31Cl2N5O3S2. The molecule has 0 aliphatic rings. The van der Waals surface area contributed by atoms with Gasteiger partial charge in [0.2, 0.25) is 5.91 Å². The summed E-state index contributed by atoms with van der Waals surface area (Å²) in [6, 6.07) is 28.6. The third kappa shape index (κ3) is 9.26. The molecule has 48 heavy (non-hydrogen) atoms. The van der Waals surface area contributed by atoms with Crippen molar-refractivity contribution in [2.45, 2.75) is 17.1 Å². The van der Waals surface area contributed by atoms with E-state index in [0.29, 0.717) is 32.1 Å². The van der Waals surface area contributed by atoms with E-state index in [1.807, 2.05) is 60.8 Å². The number of rotatable bonds is 11. The Morgan fingerprint density at radius 1 is 0.896 bits per heavy atom. The highest BCUT2D eigenvalue weighted by Gasteiger charge is 2.19. The maximum absolute atomic E-state index is 13.6. The maximum atomic E-state index is 13.6. The van der Waals surface area contributed by atoms with Crippen LogP contribution in [0.3, 0.4) is 0 Å². The third-order valence-corrected chi connectivity index (χ3v) is 9.36. The second-order valence-corrected chi connectivity index (χ2v) is 13.9. The van der Waals surface area contributed by atoms with Gasteiger partial charge in [0.25, 0.3) is 11.8 Å². The van der Waals surface area contributed by atoms with E-state index in [1.165, 1.54) is 23.1 Å². The van der Waals surface area contributed by atoms with Crippen molar-refractivity contribution >= 4 is 86.6 Å². The predicted octanol–water partition coefficient (Wildman–Crippen LogP) is 8.71. The van der Waals surface area contributed by atoms with E-state index in [-0.39, 0.29) is 11.6 Å². The predicted molar refractivity (Wildman–Crippen MR) is 199 cm³/mol. The Morgan fingerprint density at radius 3 is 2.35 bits per heavy atom. The molecule has 0 radical (unpaired) electrons. The number of carbonyl (C=O) groups is 3. The zero-order valence-electron chi connectivity index (χ0n) is 26.2. The van der Waals surface area contributed by atoms with Crippen molar-refractivity contribution in [2.75, 3.05) is 29.6 Å². The van der Waals surface area contributed by atoms with Crippen LogP contribution in [0, 0.1) is 0 Å². The van der Waals surface area contributed by atoms with E-state index in [4.69, 9.17) is 23.2 Å². The second-order valence-electron chi connectivity index (χ2n) is 10.8. The smallest absolute Gasteiger partial charge is 0.272 e. The fourth-order valence-electron chi connectivity index (χ4n) is 4.44. The van der Waals surface area contributed by atoms with E-state index in [0.717, 1.165) is 21.7 Å². The second kappa shape index (κ2) is 16.0. The Balaban J connectivity index is 1.26. The summed E-state index contributed by atoms with van der Waals surface area (Å²) in [5.41, 5.74) is 4.11. The first-order valence-electron chi connectivity index (χ1n) is 14.7. The van der Waals surface area contributed by atoms with E-state index >= 15 is 0 Å². The molecule has 12 heteroatoms. The number of nitrogens with zero attached hydrogens (tertiary/aromatic N) is 2. The molecule has 0 fully saturated rings. The van der Waals surface area contributed by atoms with Gasteiger partial charge in [0.1, 0.15) is 5.70 Å². The lowest BCUT2D eigenvalue weighted by Gasteiger charge is -2.14. The molecule has 8 nitrogen and oxygen atoms in total. The number of halogens is 2. The standard InChI is InChI=1S/C36H31Cl2N5O3S2/c1-22(33(44)42-36-41-32(21-47-36)29-17-14-25(37)19-30(29)38)48-28-11-7-10-26(20-28)39-35(46)31(40-34(45)24-8-5-4-6-9-24)18-23-12-15-27(16-13-23)43(2)3/h4-22H,1-3H3,(H,39,46)(H,40,45)(H,41,42,44)/b31-18+. The van der Waals surface area contributed by atoms with Crippen molar-refractivity contribution in [3.8, 4) is 11.3 Å². The zero-order chi connectivity index (χ0) is 34.2. The Labute approximate surface area is 297 Å². The van der Waals surface area contributed by atoms with Crippen LogP contribution in [-0.2, 0) is 9.59 Å². The Kier molecular flexibility index (Phi) is 11.6. The van der Waals surface area contributed by atoms with Crippen LogP contribution in [-0.4, -0.2) is 42.1 Å². The number of thiazole rings is 1. The Morgan fingerprint density at radius 2 is 1.65 bits per heavy atom. The van der Waals surface area contributed by atoms with Crippen molar-refractivity contribution in [3.63, 3.8) is 0 Å². The summed E-state index contributed by atoms with van der Waals surface area (Å²) in [5.74, 6) is -1.13. The van der Waals surface area contributed by atoms with Gasteiger partial charge in [-0.15, -0.1) is 23.1 Å². The number of anilines is 3. The van der Waals surface area contributed by atoms with Crippen LogP contribution < -0.4 is 20.9 Å². The highest BCUT2D eigenvalue weighted by atomic mass is 35.5. The number of amides is 3. The normalized spacial score (nSPS) is 11.8. The summed E-state index contributed by atoms with van der Waals surface area (Å²) < 4.78 is 0. The van der Waals surface area contributed by atoms with Crippen LogP contribution in [0.15, 0.2) is 113 Å². The van der Waals surface area contributed by atoms with Crippen molar-refractivity contribution in [1.82, 2.24) is 10.3 Å². The molecule has 5 aromatic rings. The van der Waals surface area contributed by atoms with Crippen molar-refractivity contribution in [3.05, 3.63) is 129 Å². The minimum absolute atomic E-state index is 0.0787. The van der Waals surface area contributed by atoms with Crippen LogP contribution >= 0.6 is 46.3 Å². The van der Waals surface area contributed by atoms with Gasteiger partial charge in [0.15, 0.2) is 5.13 Å². The molecular weight excluding hydrogens is 685 g/mol. The molecule has 0 aliphatic carbocycles. The van der Waals surface area contributed by atoms with Crippen LogP contribution in [0.25, 0.3) is 17.3 Å². The van der Waals surface area contributed by atoms with E-state index in [2.05, 4.69) is 20.9 Å². The molecule has 1 heterocycles. The van der Waals surface area contributed by atoms with Crippen LogP contribution in [0.2, 0.25) is 10.0 Å². The Bertz CT molecular complexity index is 1960. The number of thioether (sulfide) groups is 1. The summed E-state index contributed by atoms with van der Waals surface area (Å²) in [6.45, 7) is 1.79. The first-order chi connectivity index (χ1) is 23.0. The van der Waals surface area contributed by atoms with Crippen LogP contribution in [0.1, 0.15) is 22.8 Å². The molecule has 3 N–H and O–H groups in total. The lowest BCUT2D eigenvalue weighted by Crippen LogP contribution is -2.30. The maximum Gasteiger partial charge on any atom is 0.272 e. The van der Waals surface area contributed by atoms with E-state index < -0.39 is 17.1 Å². The lowest BCUT2D eigenvalue weighted by molar-refractivity contribution is -0.115. The topological polar surface area (TPSA) is 103 Å². The quantitative estimate of drug-likeness (QED) is 0.0934. The summed E-state index contributed by atoms with van der Waals surface area (Å²) >= 11 is 15.0. The number of nitrogens with one attached hydrogen (secondary N) is 3. The summed E-state index contributed by atoms with van der Waals surface area (Å²) in [7, 11) is 3.89. The molecule has 0 bridgehead atoms. The van der Waals surface area contributed by atoms with Gasteiger partial charge in [0.05, 0.1) is 16.0 Å². The van der Waals surface area contributed by atoms with E-state index in [9.17, 15) is 14.4 Å². The molecule has 244 valence electrons. The zero-order valence-corrected chi connectivity index (χ0v) is 29.3. The van der Waals surface area contributed by atoms with Crippen molar-refractivity contribution < 1.29 is 14.4 Å². The fraction of sp³-hybridized carbons (Fsp3) is 0.111. The molecule has 4 aromatic carbocycles. The van der Waals surface area contributed by atoms with Gasteiger partial charge >= 0.3 is 0 Å². The lowest BCUT2D eigenvalue weighted by atomic mass is 10.1. The number of hydrogen-bond donors (Lipinski definition) is 3. The summed E-state index contributed by atoms with van der Waals surface area (Å²) in [6.07, 6.45) is 1.63. The van der Waals surface area contributed by atoms with Crippen LogP contribution in [0.5, 0.6) is 0 Å². The molecule has 0 aliphatic heterocycles. The molecule has 1 unspecified atom stereocenters. The van der Waals surface area contributed by atoms with Crippen molar-refractivity contribution in [1.29, 1.82) is 0 Å². The number of carbonyl (C=O) groups excluding carboxylic acids is 3. The summed E-state index contributed by atoms with van der Waals surface area (Å²) in [5, 5.41) is 11.3. The number of benzene rings is 4. The van der Waals surface area contributed by atoms with Gasteiger partial charge in [-0.3, -0.25) is 14.4 Å². The minimum atomic E-state index is -0.496. The average molecular weight is 717 g/mol. The van der Waals surface area contributed by atoms with Crippen LogP contribution in [0.4, 0.5) is 16.5 Å². The van der Waals surface area contributed by atoms with Crippen molar-refractivity contribution in [2.24, 2.45) is 0 Å². The minimum Gasteiger partial charge on any atom is -0.378 e. The Hall–Kier alpha value is -4.61. The third-order valence-electron chi connectivity index (χ3n) is 6.96. The van der Waals surface area contributed by atoms with Gasteiger partial charge < -0.3 is 20.9 Å². The highest BCUT2D eigenvalue weighted by Crippen LogP contribution is 2.33. The number of aromatic nitrogens is 1. The number of hydrogen-bond acceptors (Lipinski definition) is 7. The fourth-order valence-corrected chi connectivity index (χ4v) is 6.59. The van der Waals surface area contributed by atoms with Gasteiger partial charge in [-0.1, -0.05) is 59.6 Å². The largest absolute Gasteiger partial charge is 0.378 e. The van der Waals surface area contributed by atoms with Gasteiger partial charge in [-0.25, -0.2) is 4.98 Å². The first-order valence-corrected chi connectivity index (χ1v) is 17.2. The summed E-state index contributed by atoms with van der Waals surface area (Å²) in [4.78, 5) is 46.9. The molecule has 5 rings (SSSR count). The monoisotopic (exact) mass is 715 g/mol.